The molecule has 7 heteroatoms. The van der Waals surface area contributed by atoms with Gasteiger partial charge in [-0.25, -0.2) is 9.59 Å². The van der Waals surface area contributed by atoms with Crippen LogP contribution in [0.1, 0.15) is 10.4 Å². The number of amides is 2. The average molecular weight is 328 g/mol. The highest BCUT2D eigenvalue weighted by Crippen LogP contribution is 2.24. The van der Waals surface area contributed by atoms with Crippen LogP contribution in [0.15, 0.2) is 22.7 Å². The molecule has 6 nitrogen and oxygen atoms in total. The molecule has 0 spiro atoms. The van der Waals surface area contributed by atoms with Crippen LogP contribution in [-0.4, -0.2) is 43.1 Å². The molecule has 19 heavy (non-hydrogen) atoms. The summed E-state index contributed by atoms with van der Waals surface area (Å²) >= 11 is 3.25. The highest BCUT2D eigenvalue weighted by Gasteiger charge is 2.20. The number of urea groups is 1. The summed E-state index contributed by atoms with van der Waals surface area (Å²) in [4.78, 5) is 24.7. The van der Waals surface area contributed by atoms with Crippen molar-refractivity contribution in [2.45, 2.75) is 0 Å². The molecule has 0 aliphatic carbocycles. The number of ether oxygens (including phenoxy) is 1. The molecule has 0 atom stereocenters. The van der Waals surface area contributed by atoms with E-state index in [2.05, 4.69) is 21.2 Å². The first-order valence-electron chi connectivity index (χ1n) is 5.83. The number of nitrogens with two attached hydrogens (primary N) is 1. The van der Waals surface area contributed by atoms with Gasteiger partial charge in [0.05, 0.1) is 16.6 Å². The number of hydrogen-bond acceptors (Lipinski definition) is 4. The van der Waals surface area contributed by atoms with E-state index >= 15 is 0 Å². The number of rotatable bonds is 4. The lowest BCUT2D eigenvalue weighted by Gasteiger charge is -2.14. The van der Waals surface area contributed by atoms with Gasteiger partial charge in [0.2, 0.25) is 0 Å². The standard InChI is InChI=1S/C12H14BrN3O3/c13-10-8(2-1-3-9(10)14)11(17)19-7-6-16-5-4-15-12(16)18/h1-3H,4-7,14H2,(H,15,18). The molecule has 2 rings (SSSR count). The zero-order valence-electron chi connectivity index (χ0n) is 10.2. The van der Waals surface area contributed by atoms with Gasteiger partial charge in [0.25, 0.3) is 0 Å². The molecule has 2 amide bonds. The number of nitrogens with zero attached hydrogens (tertiary/aromatic N) is 1. The Kier molecular flexibility index (Phi) is 4.26. The number of esters is 1. The van der Waals surface area contributed by atoms with Crippen LogP contribution in [0.25, 0.3) is 0 Å². The van der Waals surface area contributed by atoms with Gasteiger partial charge in [0.15, 0.2) is 0 Å². The van der Waals surface area contributed by atoms with E-state index in [1.165, 1.54) is 0 Å². The van der Waals surface area contributed by atoms with Gasteiger partial charge in [-0.2, -0.15) is 0 Å². The zero-order valence-corrected chi connectivity index (χ0v) is 11.8. The quantitative estimate of drug-likeness (QED) is 0.643. The molecular weight excluding hydrogens is 314 g/mol. The molecule has 1 aromatic carbocycles. The predicted molar refractivity (Wildman–Crippen MR) is 73.8 cm³/mol. The molecule has 0 aromatic heterocycles. The summed E-state index contributed by atoms with van der Waals surface area (Å²) in [5.74, 6) is -0.459. The van der Waals surface area contributed by atoms with Crippen molar-refractivity contribution < 1.29 is 14.3 Å². The molecular formula is C12H14BrN3O3. The van der Waals surface area contributed by atoms with Crippen molar-refractivity contribution in [2.24, 2.45) is 0 Å². The lowest BCUT2D eigenvalue weighted by molar-refractivity contribution is 0.0480. The summed E-state index contributed by atoms with van der Waals surface area (Å²) in [5, 5.41) is 2.68. The van der Waals surface area contributed by atoms with Crippen molar-refractivity contribution in [3.8, 4) is 0 Å². The first-order chi connectivity index (χ1) is 9.09. The van der Waals surface area contributed by atoms with Crippen molar-refractivity contribution >= 4 is 33.6 Å². The van der Waals surface area contributed by atoms with E-state index in [-0.39, 0.29) is 12.6 Å². The maximum Gasteiger partial charge on any atom is 0.339 e. The summed E-state index contributed by atoms with van der Waals surface area (Å²) in [5.41, 5.74) is 6.55. The fraction of sp³-hybridized carbons (Fsp3) is 0.333. The number of benzene rings is 1. The van der Waals surface area contributed by atoms with Crippen molar-refractivity contribution in [3.63, 3.8) is 0 Å². The molecule has 3 N–H and O–H groups in total. The van der Waals surface area contributed by atoms with Crippen LogP contribution in [0.3, 0.4) is 0 Å². The molecule has 0 bridgehead atoms. The number of nitrogen functional groups attached to an aromatic ring is 1. The van der Waals surface area contributed by atoms with Crippen LogP contribution < -0.4 is 11.1 Å². The van der Waals surface area contributed by atoms with Crippen LogP contribution >= 0.6 is 15.9 Å². The highest BCUT2D eigenvalue weighted by molar-refractivity contribution is 9.10. The van der Waals surface area contributed by atoms with Gasteiger partial charge in [-0.1, -0.05) is 6.07 Å². The Morgan fingerprint density at radius 1 is 1.53 bits per heavy atom. The van der Waals surface area contributed by atoms with Crippen LogP contribution in [-0.2, 0) is 4.74 Å². The topological polar surface area (TPSA) is 84.7 Å². The molecule has 1 saturated heterocycles. The predicted octanol–water partition coefficient (Wildman–Crippen LogP) is 1.21. The molecule has 1 aliphatic heterocycles. The minimum Gasteiger partial charge on any atom is -0.460 e. The molecule has 0 radical (unpaired) electrons. The Balaban J connectivity index is 1.87. The van der Waals surface area contributed by atoms with Crippen LogP contribution in [0.2, 0.25) is 0 Å². The number of carbonyl (C=O) groups is 2. The fourth-order valence-corrected chi connectivity index (χ4v) is 2.18. The molecule has 0 unspecified atom stereocenters. The zero-order chi connectivity index (χ0) is 13.8. The maximum atomic E-state index is 11.8. The molecule has 102 valence electrons. The third kappa shape index (κ3) is 3.17. The minimum atomic E-state index is -0.459. The van der Waals surface area contributed by atoms with E-state index in [4.69, 9.17) is 10.5 Å². The van der Waals surface area contributed by atoms with Gasteiger partial charge < -0.3 is 20.7 Å². The lowest BCUT2D eigenvalue weighted by Crippen LogP contribution is -2.31. The van der Waals surface area contributed by atoms with E-state index in [0.717, 1.165) is 0 Å². The number of nitrogens with one attached hydrogen (secondary N) is 1. The molecule has 0 saturated carbocycles. The minimum absolute atomic E-state index is 0.124. The Labute approximate surface area is 119 Å². The van der Waals surface area contributed by atoms with E-state index in [1.54, 1.807) is 23.1 Å². The van der Waals surface area contributed by atoms with Gasteiger partial charge in [0, 0.05) is 18.8 Å². The van der Waals surface area contributed by atoms with Crippen molar-refractivity contribution in [1.82, 2.24) is 10.2 Å². The number of carbonyl (C=O) groups excluding carboxylic acids is 2. The van der Waals surface area contributed by atoms with Crippen molar-refractivity contribution in [1.29, 1.82) is 0 Å². The SMILES string of the molecule is Nc1cccc(C(=O)OCCN2CCNC2=O)c1Br. The summed E-state index contributed by atoms with van der Waals surface area (Å²) in [6, 6.07) is 4.88. The molecule has 1 fully saturated rings. The maximum absolute atomic E-state index is 11.8. The summed E-state index contributed by atoms with van der Waals surface area (Å²) in [6.45, 7) is 1.82. The Morgan fingerprint density at radius 2 is 2.32 bits per heavy atom. The smallest absolute Gasteiger partial charge is 0.339 e. The second-order valence-corrected chi connectivity index (χ2v) is 4.86. The lowest BCUT2D eigenvalue weighted by atomic mass is 10.2. The summed E-state index contributed by atoms with van der Waals surface area (Å²) in [7, 11) is 0. The van der Waals surface area contributed by atoms with Crippen molar-refractivity contribution in [2.75, 3.05) is 32.0 Å². The van der Waals surface area contributed by atoms with Gasteiger partial charge in [-0.05, 0) is 28.1 Å². The number of anilines is 1. The third-order valence-corrected chi connectivity index (χ3v) is 3.67. The van der Waals surface area contributed by atoms with Gasteiger partial charge in [-0.15, -0.1) is 0 Å². The van der Waals surface area contributed by atoms with Crippen LogP contribution in [0.5, 0.6) is 0 Å². The largest absolute Gasteiger partial charge is 0.460 e. The Morgan fingerprint density at radius 3 is 3.00 bits per heavy atom. The molecule has 1 heterocycles. The monoisotopic (exact) mass is 327 g/mol. The summed E-state index contributed by atoms with van der Waals surface area (Å²) in [6.07, 6.45) is 0. The Bertz CT molecular complexity index is 507. The number of halogens is 1. The second kappa shape index (κ2) is 5.92. The average Bonchev–Trinajstić information content (AvgIpc) is 2.78. The van der Waals surface area contributed by atoms with E-state index in [0.29, 0.717) is 35.4 Å². The van der Waals surface area contributed by atoms with Gasteiger partial charge in [-0.3, -0.25) is 0 Å². The van der Waals surface area contributed by atoms with Gasteiger partial charge in [0.1, 0.15) is 6.61 Å². The van der Waals surface area contributed by atoms with Gasteiger partial charge >= 0.3 is 12.0 Å². The van der Waals surface area contributed by atoms with Crippen LogP contribution in [0.4, 0.5) is 10.5 Å². The second-order valence-electron chi connectivity index (χ2n) is 4.06. The van der Waals surface area contributed by atoms with Crippen molar-refractivity contribution in [3.05, 3.63) is 28.2 Å². The third-order valence-electron chi connectivity index (χ3n) is 2.79. The summed E-state index contributed by atoms with van der Waals surface area (Å²) < 4.78 is 5.65. The van der Waals surface area contributed by atoms with E-state index < -0.39 is 5.97 Å². The molecule has 1 aromatic rings. The first kappa shape index (κ1) is 13.7. The van der Waals surface area contributed by atoms with E-state index in [9.17, 15) is 9.59 Å². The Hall–Kier alpha value is -1.76. The van der Waals surface area contributed by atoms with E-state index in [1.807, 2.05) is 0 Å². The first-order valence-corrected chi connectivity index (χ1v) is 6.63. The highest BCUT2D eigenvalue weighted by atomic mass is 79.9. The molecule has 1 aliphatic rings. The number of hydrogen-bond donors (Lipinski definition) is 2. The normalized spacial score (nSPS) is 14.4. The fourth-order valence-electron chi connectivity index (χ4n) is 1.76. The van der Waals surface area contributed by atoms with Crippen LogP contribution in [0, 0.1) is 0 Å².